The molecule has 128 valence electrons. The van der Waals surface area contributed by atoms with Crippen molar-refractivity contribution in [2.45, 2.75) is 49.6 Å². The maximum Gasteiger partial charge on any atom is 0.240 e. The molecular formula is C16H25N3O3S. The molecule has 2 atom stereocenters. The Morgan fingerprint density at radius 2 is 2.00 bits per heavy atom. The molecule has 1 aromatic rings. The number of rotatable bonds is 6. The normalized spacial score (nSPS) is 21.8. The molecule has 1 aliphatic heterocycles. The molecule has 1 amide bonds. The molecule has 0 spiro atoms. The average molecular weight is 339 g/mol. The summed E-state index contributed by atoms with van der Waals surface area (Å²) in [4.78, 5) is 12.3. The first-order chi connectivity index (χ1) is 10.9. The molecule has 1 aromatic carbocycles. The van der Waals surface area contributed by atoms with Crippen LogP contribution in [0.15, 0.2) is 29.2 Å². The molecule has 1 fully saturated rings. The molecule has 2 unspecified atom stereocenters. The standard InChI is InChI=1S/C16H25N3O3S/c1-12-11-14(9-10-18-12)19-16(20)8-5-13-3-6-15(7-4-13)23(21,22)17-2/h3-4,6-7,12,14,17-18H,5,8-11H2,1-2H3,(H,19,20). The molecule has 23 heavy (non-hydrogen) atoms. The zero-order valence-corrected chi connectivity index (χ0v) is 14.4. The highest BCUT2D eigenvalue weighted by molar-refractivity contribution is 7.89. The number of piperidine rings is 1. The summed E-state index contributed by atoms with van der Waals surface area (Å²) in [6.07, 6.45) is 2.94. The lowest BCUT2D eigenvalue weighted by Crippen LogP contribution is -2.46. The summed E-state index contributed by atoms with van der Waals surface area (Å²) in [6.45, 7) is 3.06. The predicted octanol–water partition coefficient (Wildman–Crippen LogP) is 0.784. The highest BCUT2D eigenvalue weighted by Gasteiger charge is 2.19. The van der Waals surface area contributed by atoms with Crippen molar-refractivity contribution in [2.24, 2.45) is 0 Å². The van der Waals surface area contributed by atoms with E-state index in [-0.39, 0.29) is 16.8 Å². The Bertz CT molecular complexity index is 628. The van der Waals surface area contributed by atoms with Gasteiger partial charge in [0, 0.05) is 18.5 Å². The van der Waals surface area contributed by atoms with Crippen molar-refractivity contribution in [1.82, 2.24) is 15.4 Å². The van der Waals surface area contributed by atoms with Gasteiger partial charge >= 0.3 is 0 Å². The van der Waals surface area contributed by atoms with Crippen LogP contribution in [0.25, 0.3) is 0 Å². The monoisotopic (exact) mass is 339 g/mol. The number of sulfonamides is 1. The SMILES string of the molecule is CNS(=O)(=O)c1ccc(CCC(=O)NC2CCNC(C)C2)cc1. The largest absolute Gasteiger partial charge is 0.353 e. The van der Waals surface area contributed by atoms with Crippen LogP contribution in [0.4, 0.5) is 0 Å². The molecule has 1 aliphatic rings. The van der Waals surface area contributed by atoms with Gasteiger partial charge in [-0.05, 0) is 57.5 Å². The van der Waals surface area contributed by atoms with Gasteiger partial charge in [-0.2, -0.15) is 0 Å². The van der Waals surface area contributed by atoms with E-state index in [4.69, 9.17) is 0 Å². The maximum absolute atomic E-state index is 12.0. The van der Waals surface area contributed by atoms with Gasteiger partial charge in [0.25, 0.3) is 0 Å². The van der Waals surface area contributed by atoms with E-state index in [1.807, 2.05) is 0 Å². The molecule has 2 rings (SSSR count). The molecular weight excluding hydrogens is 314 g/mol. The van der Waals surface area contributed by atoms with Crippen LogP contribution < -0.4 is 15.4 Å². The van der Waals surface area contributed by atoms with E-state index in [1.54, 1.807) is 24.3 Å². The predicted molar refractivity (Wildman–Crippen MR) is 89.6 cm³/mol. The van der Waals surface area contributed by atoms with E-state index < -0.39 is 10.0 Å². The van der Waals surface area contributed by atoms with Crippen molar-refractivity contribution in [3.63, 3.8) is 0 Å². The van der Waals surface area contributed by atoms with Gasteiger partial charge in [0.1, 0.15) is 0 Å². The van der Waals surface area contributed by atoms with Crippen LogP contribution in [-0.2, 0) is 21.2 Å². The summed E-state index contributed by atoms with van der Waals surface area (Å²) in [5.74, 6) is 0.0519. The van der Waals surface area contributed by atoms with Crippen LogP contribution in [0, 0.1) is 0 Å². The molecule has 7 heteroatoms. The van der Waals surface area contributed by atoms with Crippen LogP contribution in [0.5, 0.6) is 0 Å². The van der Waals surface area contributed by atoms with Gasteiger partial charge < -0.3 is 10.6 Å². The van der Waals surface area contributed by atoms with Crippen LogP contribution in [0.3, 0.4) is 0 Å². The first-order valence-electron chi connectivity index (χ1n) is 7.96. The van der Waals surface area contributed by atoms with Crippen molar-refractivity contribution < 1.29 is 13.2 Å². The van der Waals surface area contributed by atoms with Crippen molar-refractivity contribution in [3.05, 3.63) is 29.8 Å². The summed E-state index contributed by atoms with van der Waals surface area (Å²) in [7, 11) is -2.02. The third-order valence-corrected chi connectivity index (χ3v) is 5.56. The van der Waals surface area contributed by atoms with E-state index in [1.165, 1.54) is 7.05 Å². The number of amides is 1. The third-order valence-electron chi connectivity index (χ3n) is 4.13. The van der Waals surface area contributed by atoms with Crippen LogP contribution in [0.2, 0.25) is 0 Å². The first kappa shape index (κ1) is 17.9. The van der Waals surface area contributed by atoms with Gasteiger partial charge in [-0.25, -0.2) is 13.1 Å². The first-order valence-corrected chi connectivity index (χ1v) is 9.44. The Morgan fingerprint density at radius 3 is 2.61 bits per heavy atom. The minimum absolute atomic E-state index is 0.0519. The van der Waals surface area contributed by atoms with Crippen LogP contribution in [0.1, 0.15) is 31.7 Å². The second kappa shape index (κ2) is 7.90. The topological polar surface area (TPSA) is 87.3 Å². The number of carbonyl (C=O) groups excluding carboxylic acids is 1. The molecule has 3 N–H and O–H groups in total. The van der Waals surface area contributed by atoms with Gasteiger partial charge in [0.2, 0.25) is 15.9 Å². The summed E-state index contributed by atoms with van der Waals surface area (Å²) < 4.78 is 25.6. The second-order valence-electron chi connectivity index (χ2n) is 6.00. The van der Waals surface area contributed by atoms with Crippen molar-refractivity contribution in [2.75, 3.05) is 13.6 Å². The van der Waals surface area contributed by atoms with E-state index in [2.05, 4.69) is 22.3 Å². The lowest BCUT2D eigenvalue weighted by Gasteiger charge is -2.28. The average Bonchev–Trinajstić information content (AvgIpc) is 2.53. The molecule has 1 saturated heterocycles. The van der Waals surface area contributed by atoms with Crippen molar-refractivity contribution >= 4 is 15.9 Å². The Hall–Kier alpha value is -1.44. The quantitative estimate of drug-likeness (QED) is 0.715. The lowest BCUT2D eigenvalue weighted by atomic mass is 10.0. The molecule has 0 aliphatic carbocycles. The van der Waals surface area contributed by atoms with E-state index in [0.717, 1.165) is 24.9 Å². The maximum atomic E-state index is 12.0. The molecule has 0 aromatic heterocycles. The number of hydrogen-bond donors (Lipinski definition) is 3. The van der Waals surface area contributed by atoms with Gasteiger partial charge in [-0.15, -0.1) is 0 Å². The molecule has 6 nitrogen and oxygen atoms in total. The number of nitrogens with one attached hydrogen (secondary N) is 3. The Balaban J connectivity index is 1.82. The van der Waals surface area contributed by atoms with E-state index in [0.29, 0.717) is 18.9 Å². The second-order valence-corrected chi connectivity index (χ2v) is 7.88. The van der Waals surface area contributed by atoms with E-state index in [9.17, 15) is 13.2 Å². The molecule has 0 bridgehead atoms. The number of hydrogen-bond acceptors (Lipinski definition) is 4. The fourth-order valence-corrected chi connectivity index (χ4v) is 3.50. The Morgan fingerprint density at radius 1 is 1.30 bits per heavy atom. The highest BCUT2D eigenvalue weighted by atomic mass is 32.2. The fraction of sp³-hybridized carbons (Fsp3) is 0.562. The highest BCUT2D eigenvalue weighted by Crippen LogP contribution is 2.12. The zero-order valence-electron chi connectivity index (χ0n) is 13.6. The number of aryl methyl sites for hydroxylation is 1. The summed E-state index contributed by atoms with van der Waals surface area (Å²) in [5.41, 5.74) is 0.953. The van der Waals surface area contributed by atoms with Crippen LogP contribution in [-0.4, -0.2) is 40.0 Å². The van der Waals surface area contributed by atoms with Gasteiger partial charge in [-0.1, -0.05) is 12.1 Å². The van der Waals surface area contributed by atoms with Crippen molar-refractivity contribution in [1.29, 1.82) is 0 Å². The van der Waals surface area contributed by atoms with Crippen molar-refractivity contribution in [3.8, 4) is 0 Å². The summed E-state index contributed by atoms with van der Waals surface area (Å²) in [6, 6.07) is 7.33. The van der Waals surface area contributed by atoms with Gasteiger partial charge in [0.05, 0.1) is 4.90 Å². The zero-order chi connectivity index (χ0) is 16.9. The van der Waals surface area contributed by atoms with Gasteiger partial charge in [0.15, 0.2) is 0 Å². The minimum atomic E-state index is -3.41. The van der Waals surface area contributed by atoms with Crippen LogP contribution >= 0.6 is 0 Å². The molecule has 0 radical (unpaired) electrons. The minimum Gasteiger partial charge on any atom is -0.353 e. The summed E-state index contributed by atoms with van der Waals surface area (Å²) >= 11 is 0. The molecule has 1 heterocycles. The number of benzene rings is 1. The fourth-order valence-electron chi connectivity index (χ4n) is 2.77. The van der Waals surface area contributed by atoms with E-state index >= 15 is 0 Å². The third kappa shape index (κ3) is 5.30. The number of carbonyl (C=O) groups is 1. The lowest BCUT2D eigenvalue weighted by molar-refractivity contribution is -0.122. The van der Waals surface area contributed by atoms with Gasteiger partial charge in [-0.3, -0.25) is 4.79 Å². The Labute approximate surface area is 138 Å². The Kier molecular flexibility index (Phi) is 6.15. The summed E-state index contributed by atoms with van der Waals surface area (Å²) in [5, 5.41) is 6.44. The smallest absolute Gasteiger partial charge is 0.240 e. The molecule has 0 saturated carbocycles.